The van der Waals surface area contributed by atoms with Crippen molar-refractivity contribution >= 4 is 75.0 Å². The van der Waals surface area contributed by atoms with Crippen LogP contribution in [-0.4, -0.2) is 14.5 Å². The highest BCUT2D eigenvalue weighted by molar-refractivity contribution is 7.26. The van der Waals surface area contributed by atoms with Crippen molar-refractivity contribution in [2.75, 3.05) is 0 Å². The van der Waals surface area contributed by atoms with E-state index in [4.69, 9.17) is 9.97 Å². The molecule has 0 atom stereocenters. The van der Waals surface area contributed by atoms with Crippen LogP contribution in [0.1, 0.15) is 0 Å². The Morgan fingerprint density at radius 3 is 2.11 bits per heavy atom. The normalized spacial score (nSPS) is 12.2. The topological polar surface area (TPSA) is 30.7 Å². The van der Waals surface area contributed by atoms with Gasteiger partial charge in [0.1, 0.15) is 5.52 Å². The summed E-state index contributed by atoms with van der Waals surface area (Å²) in [5, 5.41) is 9.12. The van der Waals surface area contributed by atoms with E-state index in [1.807, 2.05) is 35.7 Å². The second kappa shape index (κ2) is 7.37. The smallest absolute Gasteiger partial charge is 0.159 e. The van der Waals surface area contributed by atoms with Crippen molar-refractivity contribution in [3.63, 3.8) is 0 Å². The van der Waals surface area contributed by atoms with Gasteiger partial charge in [0.25, 0.3) is 0 Å². The molecule has 6 aromatic carbocycles. The largest absolute Gasteiger partial charge is 0.305 e. The number of benzene rings is 6. The first-order chi connectivity index (χ1) is 18.9. The number of nitrogens with zero attached hydrogens (tertiary/aromatic N) is 3. The van der Waals surface area contributed by atoms with E-state index in [-0.39, 0.29) is 0 Å². The van der Waals surface area contributed by atoms with Gasteiger partial charge in [-0.05, 0) is 39.7 Å². The lowest BCUT2D eigenvalue weighted by molar-refractivity contribution is 1.16. The lowest BCUT2D eigenvalue weighted by atomic mass is 9.94. The van der Waals surface area contributed by atoms with Crippen LogP contribution in [-0.2, 0) is 0 Å². The van der Waals surface area contributed by atoms with E-state index in [0.717, 1.165) is 33.3 Å². The quantitative estimate of drug-likeness (QED) is 0.221. The van der Waals surface area contributed by atoms with Crippen LogP contribution >= 0.6 is 11.3 Å². The van der Waals surface area contributed by atoms with Gasteiger partial charge in [0.05, 0.1) is 27.6 Å². The maximum atomic E-state index is 5.09. The second-order valence-corrected chi connectivity index (χ2v) is 10.9. The van der Waals surface area contributed by atoms with Gasteiger partial charge >= 0.3 is 0 Å². The van der Waals surface area contributed by atoms with Gasteiger partial charge in [0.15, 0.2) is 5.82 Å². The van der Waals surface area contributed by atoms with Gasteiger partial charge in [-0.2, -0.15) is 0 Å². The number of thiophene rings is 1. The van der Waals surface area contributed by atoms with E-state index < -0.39 is 0 Å². The van der Waals surface area contributed by atoms with Crippen molar-refractivity contribution in [1.29, 1.82) is 0 Å². The Hall–Kier alpha value is -4.80. The number of aromatic nitrogens is 3. The molecule has 4 heteroatoms. The minimum absolute atomic E-state index is 0.749. The molecule has 0 N–H and O–H groups in total. The number of hydrogen-bond acceptors (Lipinski definition) is 3. The lowest BCUT2D eigenvalue weighted by Gasteiger charge is -2.13. The molecule has 176 valence electrons. The average molecular weight is 502 g/mol. The van der Waals surface area contributed by atoms with Gasteiger partial charge in [-0.15, -0.1) is 11.3 Å². The number of fused-ring (bicyclic) bond motifs is 6. The summed E-state index contributed by atoms with van der Waals surface area (Å²) in [6.45, 7) is 0. The maximum Gasteiger partial charge on any atom is 0.159 e. The Bertz CT molecular complexity index is 2340. The first kappa shape index (κ1) is 20.3. The summed E-state index contributed by atoms with van der Waals surface area (Å²) in [6, 6.07) is 38.9. The molecule has 0 aliphatic heterocycles. The first-order valence-corrected chi connectivity index (χ1v) is 13.6. The van der Waals surface area contributed by atoms with Crippen molar-refractivity contribution in [1.82, 2.24) is 14.5 Å². The van der Waals surface area contributed by atoms with Crippen molar-refractivity contribution in [2.45, 2.75) is 0 Å². The van der Waals surface area contributed by atoms with Crippen LogP contribution in [0.3, 0.4) is 0 Å². The number of para-hydroxylation sites is 1. The summed E-state index contributed by atoms with van der Waals surface area (Å²) in [5.74, 6) is 0.749. The van der Waals surface area contributed by atoms with Crippen molar-refractivity contribution in [3.05, 3.63) is 115 Å². The third-order valence-electron chi connectivity index (χ3n) is 7.82. The summed E-state index contributed by atoms with van der Waals surface area (Å²) in [6.07, 6.45) is 1.99. The van der Waals surface area contributed by atoms with Crippen molar-refractivity contribution in [3.8, 4) is 17.1 Å². The molecule has 3 nitrogen and oxygen atoms in total. The van der Waals surface area contributed by atoms with Crippen LogP contribution in [0.5, 0.6) is 0 Å². The fraction of sp³-hybridized carbons (Fsp3) is 0. The maximum absolute atomic E-state index is 5.09. The molecular weight excluding hydrogens is 482 g/mol. The van der Waals surface area contributed by atoms with Crippen LogP contribution in [0.4, 0.5) is 0 Å². The van der Waals surface area contributed by atoms with E-state index in [1.165, 1.54) is 47.4 Å². The van der Waals surface area contributed by atoms with Crippen LogP contribution in [0.15, 0.2) is 115 Å². The summed E-state index contributed by atoms with van der Waals surface area (Å²) in [7, 11) is 0. The van der Waals surface area contributed by atoms with E-state index in [2.05, 4.69) is 95.6 Å². The van der Waals surface area contributed by atoms with Gasteiger partial charge in [-0.3, -0.25) is 0 Å². The number of hydrogen-bond donors (Lipinski definition) is 0. The monoisotopic (exact) mass is 501 g/mol. The molecule has 9 aromatic rings. The lowest BCUT2D eigenvalue weighted by Crippen LogP contribution is -1.96. The van der Waals surface area contributed by atoms with Crippen molar-refractivity contribution < 1.29 is 0 Å². The molecule has 3 heterocycles. The van der Waals surface area contributed by atoms with Crippen LogP contribution in [0, 0.1) is 0 Å². The average Bonchev–Trinajstić information content (AvgIpc) is 3.54. The third-order valence-corrected chi connectivity index (χ3v) is 8.99. The molecule has 0 aliphatic rings. The molecule has 3 aromatic heterocycles. The molecular formula is C34H19N3S. The predicted octanol–water partition coefficient (Wildman–Crippen LogP) is 9.35. The molecule has 0 radical (unpaired) electrons. The molecule has 9 rings (SSSR count). The fourth-order valence-corrected chi connectivity index (χ4v) is 7.47. The van der Waals surface area contributed by atoms with Gasteiger partial charge in [0, 0.05) is 26.4 Å². The molecule has 0 spiro atoms. The molecule has 38 heavy (non-hydrogen) atoms. The number of rotatable bonds is 2. The first-order valence-electron chi connectivity index (χ1n) is 12.8. The molecule has 0 saturated heterocycles. The summed E-state index contributed by atoms with van der Waals surface area (Å²) >= 11 is 1.88. The summed E-state index contributed by atoms with van der Waals surface area (Å²) in [5.41, 5.74) is 5.35. The zero-order valence-electron chi connectivity index (χ0n) is 20.2. The van der Waals surface area contributed by atoms with Gasteiger partial charge in [-0.25, -0.2) is 9.97 Å². The molecule has 0 unspecified atom stereocenters. The van der Waals surface area contributed by atoms with E-state index in [9.17, 15) is 0 Å². The minimum atomic E-state index is 0.749. The van der Waals surface area contributed by atoms with Crippen LogP contribution < -0.4 is 0 Å². The van der Waals surface area contributed by atoms with Crippen molar-refractivity contribution in [2.24, 2.45) is 0 Å². The Morgan fingerprint density at radius 1 is 0.553 bits per heavy atom. The zero-order valence-corrected chi connectivity index (χ0v) is 21.0. The summed E-state index contributed by atoms with van der Waals surface area (Å²) < 4.78 is 4.98. The SMILES string of the molecule is c1ccc(-c2ncc3c(n2)c2ccccc2n3-c2ccc3c4ccccc4c4cccc5sc2c3c54)cc1. The van der Waals surface area contributed by atoms with E-state index in [0.29, 0.717) is 0 Å². The highest BCUT2D eigenvalue weighted by Gasteiger charge is 2.21. The van der Waals surface area contributed by atoms with Crippen LogP contribution in [0.2, 0.25) is 0 Å². The van der Waals surface area contributed by atoms with E-state index in [1.54, 1.807) is 0 Å². The Labute approximate surface area is 221 Å². The highest BCUT2D eigenvalue weighted by Crippen LogP contribution is 2.47. The molecule has 0 saturated carbocycles. The fourth-order valence-electron chi connectivity index (χ4n) is 6.21. The molecule has 0 aliphatic carbocycles. The van der Waals surface area contributed by atoms with E-state index >= 15 is 0 Å². The minimum Gasteiger partial charge on any atom is -0.305 e. The predicted molar refractivity (Wildman–Crippen MR) is 161 cm³/mol. The molecule has 0 fully saturated rings. The Kier molecular flexibility index (Phi) is 3.93. The molecule has 0 bridgehead atoms. The summed E-state index contributed by atoms with van der Waals surface area (Å²) in [4.78, 5) is 9.91. The zero-order chi connectivity index (χ0) is 24.8. The standard InChI is InChI=1S/C34H19N3S/c1-2-9-20(10-3-1)34-35-19-28-32(36-34)25-13-6-7-15-26(25)37(28)27-18-17-24-22-12-5-4-11-21(22)23-14-8-16-29-30(23)31(24)33(27)38-29/h1-19H. The van der Waals surface area contributed by atoms with Gasteiger partial charge in [0.2, 0.25) is 0 Å². The highest BCUT2D eigenvalue weighted by atomic mass is 32.1. The van der Waals surface area contributed by atoms with Gasteiger partial charge < -0.3 is 4.57 Å². The van der Waals surface area contributed by atoms with Crippen LogP contribution in [0.25, 0.3) is 80.7 Å². The molecule has 0 amide bonds. The Balaban J connectivity index is 1.43. The Morgan fingerprint density at radius 2 is 1.26 bits per heavy atom. The van der Waals surface area contributed by atoms with Gasteiger partial charge in [-0.1, -0.05) is 91.0 Å². The third kappa shape index (κ3) is 2.57. The second-order valence-electron chi connectivity index (χ2n) is 9.81.